The fourth-order valence-corrected chi connectivity index (χ4v) is 2.27. The quantitative estimate of drug-likeness (QED) is 0.661. The molecule has 1 heterocycles. The molecule has 24 heavy (non-hydrogen) atoms. The Morgan fingerprint density at radius 1 is 0.708 bits per heavy atom. The highest BCUT2D eigenvalue weighted by molar-refractivity contribution is 5.72. The molecule has 0 fully saturated rings. The monoisotopic (exact) mass is 319 g/mol. The third kappa shape index (κ3) is 3.63. The van der Waals surface area contributed by atoms with E-state index in [9.17, 15) is 0 Å². The Hall–Kier alpha value is -3.08. The highest BCUT2D eigenvalue weighted by atomic mass is 15.2. The summed E-state index contributed by atoms with van der Waals surface area (Å²) in [6.45, 7) is 5.98. The van der Waals surface area contributed by atoms with E-state index in [2.05, 4.69) is 34.4 Å². The van der Waals surface area contributed by atoms with Crippen LogP contribution < -0.4 is 16.4 Å². The fourth-order valence-electron chi connectivity index (χ4n) is 2.27. The second kappa shape index (κ2) is 6.58. The van der Waals surface area contributed by atoms with Crippen molar-refractivity contribution in [3.63, 3.8) is 0 Å². The molecule has 122 valence electrons. The van der Waals surface area contributed by atoms with Gasteiger partial charge < -0.3 is 16.4 Å². The smallest absolute Gasteiger partial charge is 0.229 e. The standard InChI is InChI=1S/C19H21N5/c1-12-4-8-15(9-5-12)22-18-17(20)14(3)21-19(24-18)23-16-10-6-13(2)7-11-16/h4-11H,20H2,1-3H3,(H2,21,22,23,24). The fraction of sp³-hybridized carbons (Fsp3) is 0.158. The summed E-state index contributed by atoms with van der Waals surface area (Å²) in [5.74, 6) is 1.11. The lowest BCUT2D eigenvalue weighted by Gasteiger charge is -2.13. The van der Waals surface area contributed by atoms with E-state index in [1.807, 2.05) is 55.5 Å². The van der Waals surface area contributed by atoms with Gasteiger partial charge in [0.25, 0.3) is 0 Å². The van der Waals surface area contributed by atoms with Crippen LogP contribution in [0.4, 0.5) is 28.8 Å². The zero-order valence-electron chi connectivity index (χ0n) is 14.1. The van der Waals surface area contributed by atoms with E-state index < -0.39 is 0 Å². The summed E-state index contributed by atoms with van der Waals surface area (Å²) in [6.07, 6.45) is 0. The Morgan fingerprint density at radius 2 is 1.21 bits per heavy atom. The number of nitrogens with two attached hydrogens (primary N) is 1. The van der Waals surface area contributed by atoms with Crippen LogP contribution in [0.25, 0.3) is 0 Å². The van der Waals surface area contributed by atoms with Crippen LogP contribution in [0, 0.1) is 20.8 Å². The first-order valence-corrected chi connectivity index (χ1v) is 7.83. The van der Waals surface area contributed by atoms with Crippen LogP contribution in [0.15, 0.2) is 48.5 Å². The van der Waals surface area contributed by atoms with Gasteiger partial charge in [0.2, 0.25) is 5.95 Å². The number of hydrogen-bond donors (Lipinski definition) is 3. The molecule has 0 aliphatic carbocycles. The molecule has 3 rings (SSSR count). The zero-order valence-corrected chi connectivity index (χ0v) is 14.1. The summed E-state index contributed by atoms with van der Waals surface area (Å²) in [6, 6.07) is 16.2. The van der Waals surface area contributed by atoms with E-state index in [1.54, 1.807) is 0 Å². The summed E-state index contributed by atoms with van der Waals surface area (Å²) in [5, 5.41) is 6.48. The molecule has 5 heteroatoms. The van der Waals surface area contributed by atoms with Crippen LogP contribution in [0.2, 0.25) is 0 Å². The first-order chi connectivity index (χ1) is 11.5. The topological polar surface area (TPSA) is 75.9 Å². The van der Waals surface area contributed by atoms with Crippen LogP contribution in [-0.4, -0.2) is 9.97 Å². The van der Waals surface area contributed by atoms with Gasteiger partial charge in [-0.1, -0.05) is 35.4 Å². The van der Waals surface area contributed by atoms with E-state index in [1.165, 1.54) is 11.1 Å². The van der Waals surface area contributed by atoms with Gasteiger partial charge in [-0.15, -0.1) is 0 Å². The van der Waals surface area contributed by atoms with Crippen molar-refractivity contribution < 1.29 is 0 Å². The molecule has 0 saturated carbocycles. The van der Waals surface area contributed by atoms with Crippen LogP contribution >= 0.6 is 0 Å². The molecule has 2 aromatic carbocycles. The third-order valence-corrected chi connectivity index (χ3v) is 3.76. The highest BCUT2D eigenvalue weighted by Crippen LogP contribution is 2.26. The summed E-state index contributed by atoms with van der Waals surface area (Å²) in [4.78, 5) is 8.93. The number of benzene rings is 2. The van der Waals surface area contributed by atoms with Gasteiger partial charge in [0.1, 0.15) is 0 Å². The van der Waals surface area contributed by atoms with Crippen molar-refractivity contribution in [1.29, 1.82) is 0 Å². The Morgan fingerprint density at radius 3 is 1.75 bits per heavy atom. The molecule has 5 nitrogen and oxygen atoms in total. The van der Waals surface area contributed by atoms with Gasteiger partial charge in [0, 0.05) is 11.4 Å². The summed E-state index contributed by atoms with van der Waals surface area (Å²) >= 11 is 0. The van der Waals surface area contributed by atoms with Crippen molar-refractivity contribution in [2.24, 2.45) is 0 Å². The largest absolute Gasteiger partial charge is 0.394 e. The number of aromatic nitrogens is 2. The molecule has 0 amide bonds. The molecule has 0 aliphatic heterocycles. The lowest BCUT2D eigenvalue weighted by atomic mass is 10.2. The van der Waals surface area contributed by atoms with E-state index >= 15 is 0 Å². The summed E-state index contributed by atoms with van der Waals surface area (Å²) in [7, 11) is 0. The second-order valence-electron chi connectivity index (χ2n) is 5.88. The van der Waals surface area contributed by atoms with Gasteiger partial charge in [-0.2, -0.15) is 4.98 Å². The number of rotatable bonds is 4. The SMILES string of the molecule is Cc1ccc(Nc2nc(C)c(N)c(Nc3ccc(C)cc3)n2)cc1. The molecule has 1 aromatic heterocycles. The maximum atomic E-state index is 6.13. The molecule has 0 aliphatic rings. The predicted molar refractivity (Wildman–Crippen MR) is 100 cm³/mol. The van der Waals surface area contributed by atoms with Gasteiger partial charge in [0.05, 0.1) is 11.4 Å². The van der Waals surface area contributed by atoms with E-state index in [4.69, 9.17) is 5.73 Å². The minimum atomic E-state index is 0.514. The van der Waals surface area contributed by atoms with E-state index in [0.29, 0.717) is 17.5 Å². The van der Waals surface area contributed by atoms with Crippen molar-refractivity contribution in [1.82, 2.24) is 9.97 Å². The zero-order chi connectivity index (χ0) is 17.1. The number of nitrogen functional groups attached to an aromatic ring is 1. The van der Waals surface area contributed by atoms with E-state index in [-0.39, 0.29) is 0 Å². The lowest BCUT2D eigenvalue weighted by Crippen LogP contribution is -2.07. The van der Waals surface area contributed by atoms with Gasteiger partial charge in [0.15, 0.2) is 5.82 Å². The molecule has 0 radical (unpaired) electrons. The molecule has 0 atom stereocenters. The van der Waals surface area contributed by atoms with Crippen LogP contribution in [0.5, 0.6) is 0 Å². The second-order valence-corrected chi connectivity index (χ2v) is 5.88. The van der Waals surface area contributed by atoms with Crippen molar-refractivity contribution in [2.45, 2.75) is 20.8 Å². The Bertz CT molecular complexity index is 839. The van der Waals surface area contributed by atoms with Crippen molar-refractivity contribution >= 4 is 28.8 Å². The van der Waals surface area contributed by atoms with Crippen molar-refractivity contribution in [2.75, 3.05) is 16.4 Å². The lowest BCUT2D eigenvalue weighted by molar-refractivity contribution is 1.11. The minimum absolute atomic E-state index is 0.514. The molecule has 0 spiro atoms. The van der Waals surface area contributed by atoms with Crippen molar-refractivity contribution in [3.05, 3.63) is 65.4 Å². The first kappa shape index (κ1) is 15.8. The van der Waals surface area contributed by atoms with Crippen LogP contribution in [0.3, 0.4) is 0 Å². The van der Waals surface area contributed by atoms with Crippen LogP contribution in [-0.2, 0) is 0 Å². The van der Waals surface area contributed by atoms with E-state index in [0.717, 1.165) is 17.1 Å². The number of hydrogen-bond acceptors (Lipinski definition) is 5. The van der Waals surface area contributed by atoms with Gasteiger partial charge >= 0.3 is 0 Å². The minimum Gasteiger partial charge on any atom is -0.394 e. The molecular formula is C19H21N5. The van der Waals surface area contributed by atoms with Gasteiger partial charge in [-0.3, -0.25) is 0 Å². The Balaban J connectivity index is 1.87. The Kier molecular flexibility index (Phi) is 4.33. The molecule has 0 unspecified atom stereocenters. The number of anilines is 5. The maximum absolute atomic E-state index is 6.13. The normalized spacial score (nSPS) is 10.5. The average Bonchev–Trinajstić information content (AvgIpc) is 2.56. The van der Waals surface area contributed by atoms with Crippen LogP contribution in [0.1, 0.15) is 16.8 Å². The molecule has 0 saturated heterocycles. The highest BCUT2D eigenvalue weighted by Gasteiger charge is 2.09. The molecular weight excluding hydrogens is 298 g/mol. The Labute approximate surface area is 142 Å². The predicted octanol–water partition coefficient (Wildman–Crippen LogP) is 4.47. The molecule has 0 bridgehead atoms. The maximum Gasteiger partial charge on any atom is 0.229 e. The summed E-state index contributed by atoms with van der Waals surface area (Å²) < 4.78 is 0. The number of nitrogens with zero attached hydrogens (tertiary/aromatic N) is 2. The van der Waals surface area contributed by atoms with Crippen molar-refractivity contribution in [3.8, 4) is 0 Å². The number of nitrogens with one attached hydrogen (secondary N) is 2. The van der Waals surface area contributed by atoms with Gasteiger partial charge in [-0.25, -0.2) is 4.98 Å². The average molecular weight is 319 g/mol. The van der Waals surface area contributed by atoms with Gasteiger partial charge in [-0.05, 0) is 45.0 Å². The number of aryl methyl sites for hydroxylation is 3. The molecule has 3 aromatic rings. The third-order valence-electron chi connectivity index (χ3n) is 3.76. The molecule has 4 N–H and O–H groups in total. The first-order valence-electron chi connectivity index (χ1n) is 7.83. The summed E-state index contributed by atoms with van der Waals surface area (Å²) in [5.41, 5.74) is 11.7.